The van der Waals surface area contributed by atoms with E-state index in [1.54, 1.807) is 7.11 Å². The van der Waals surface area contributed by atoms with Gasteiger partial charge in [-0.3, -0.25) is 0 Å². The molecule has 5 heteroatoms. The second-order valence-electron chi connectivity index (χ2n) is 4.49. The van der Waals surface area contributed by atoms with Gasteiger partial charge in [-0.25, -0.2) is 9.97 Å². The maximum absolute atomic E-state index is 5.55. The Labute approximate surface area is 102 Å². The third-order valence-electron chi connectivity index (χ3n) is 3.06. The van der Waals surface area contributed by atoms with Gasteiger partial charge in [0.2, 0.25) is 0 Å². The molecule has 5 nitrogen and oxygen atoms in total. The van der Waals surface area contributed by atoms with Crippen LogP contribution >= 0.6 is 0 Å². The van der Waals surface area contributed by atoms with Crippen molar-refractivity contribution in [1.29, 1.82) is 0 Å². The zero-order valence-corrected chi connectivity index (χ0v) is 10.6. The van der Waals surface area contributed by atoms with Crippen LogP contribution < -0.4 is 5.32 Å². The molecule has 1 fully saturated rings. The molecule has 0 saturated carbocycles. The van der Waals surface area contributed by atoms with E-state index in [-0.39, 0.29) is 5.60 Å². The van der Waals surface area contributed by atoms with Gasteiger partial charge < -0.3 is 14.8 Å². The largest absolute Gasteiger partial charge is 0.378 e. The SMILES string of the molecule is COC1(CNc2cc(C)nc(C)n2)CCOC1. The number of ether oxygens (including phenoxy) is 2. The average Bonchev–Trinajstić information content (AvgIpc) is 2.74. The van der Waals surface area contributed by atoms with Gasteiger partial charge in [0.1, 0.15) is 17.2 Å². The van der Waals surface area contributed by atoms with Crippen LogP contribution in [0.25, 0.3) is 0 Å². The minimum Gasteiger partial charge on any atom is -0.378 e. The van der Waals surface area contributed by atoms with Gasteiger partial charge in [-0.2, -0.15) is 0 Å². The van der Waals surface area contributed by atoms with Crippen molar-refractivity contribution in [3.05, 3.63) is 17.6 Å². The van der Waals surface area contributed by atoms with Gasteiger partial charge in [0.25, 0.3) is 0 Å². The predicted molar refractivity (Wildman–Crippen MR) is 65.2 cm³/mol. The number of methoxy groups -OCH3 is 1. The summed E-state index contributed by atoms with van der Waals surface area (Å²) in [6.07, 6.45) is 0.916. The fourth-order valence-corrected chi connectivity index (χ4v) is 2.02. The molecule has 1 aromatic rings. The molecule has 1 N–H and O–H groups in total. The first-order valence-corrected chi connectivity index (χ1v) is 5.83. The van der Waals surface area contributed by atoms with E-state index in [1.807, 2.05) is 19.9 Å². The lowest BCUT2D eigenvalue weighted by Crippen LogP contribution is -2.39. The van der Waals surface area contributed by atoms with Crippen molar-refractivity contribution < 1.29 is 9.47 Å². The van der Waals surface area contributed by atoms with Gasteiger partial charge >= 0.3 is 0 Å². The minimum absolute atomic E-state index is 0.216. The third kappa shape index (κ3) is 2.92. The van der Waals surface area contributed by atoms with Crippen molar-refractivity contribution >= 4 is 5.82 Å². The van der Waals surface area contributed by atoms with Gasteiger partial charge in [-0.05, 0) is 13.8 Å². The highest BCUT2D eigenvalue weighted by Crippen LogP contribution is 2.22. The fraction of sp³-hybridized carbons (Fsp3) is 0.667. The first-order chi connectivity index (χ1) is 8.13. The van der Waals surface area contributed by atoms with E-state index >= 15 is 0 Å². The minimum atomic E-state index is -0.216. The number of hydrogen-bond acceptors (Lipinski definition) is 5. The van der Waals surface area contributed by atoms with Gasteiger partial charge in [0.05, 0.1) is 6.61 Å². The maximum Gasteiger partial charge on any atom is 0.130 e. The Bertz CT molecular complexity index is 369. The lowest BCUT2D eigenvalue weighted by atomic mass is 10.0. The number of rotatable bonds is 4. The van der Waals surface area contributed by atoms with E-state index in [2.05, 4.69) is 15.3 Å². The number of aryl methyl sites for hydroxylation is 2. The van der Waals surface area contributed by atoms with E-state index in [1.165, 1.54) is 0 Å². The topological polar surface area (TPSA) is 56.3 Å². The lowest BCUT2D eigenvalue weighted by Gasteiger charge is -2.26. The highest BCUT2D eigenvalue weighted by atomic mass is 16.5. The molecule has 0 radical (unpaired) electrons. The number of nitrogens with one attached hydrogen (secondary N) is 1. The Morgan fingerprint density at radius 1 is 1.47 bits per heavy atom. The summed E-state index contributed by atoms with van der Waals surface area (Å²) in [6.45, 7) is 5.96. The molecule has 2 rings (SSSR count). The van der Waals surface area contributed by atoms with Gasteiger partial charge in [0.15, 0.2) is 0 Å². The summed E-state index contributed by atoms with van der Waals surface area (Å²) >= 11 is 0. The predicted octanol–water partition coefficient (Wildman–Crippen LogP) is 1.31. The first-order valence-electron chi connectivity index (χ1n) is 5.83. The van der Waals surface area contributed by atoms with Crippen LogP contribution in [0.2, 0.25) is 0 Å². The highest BCUT2D eigenvalue weighted by Gasteiger charge is 2.34. The smallest absolute Gasteiger partial charge is 0.130 e. The van der Waals surface area contributed by atoms with Gasteiger partial charge in [-0.15, -0.1) is 0 Å². The molecule has 1 unspecified atom stereocenters. The van der Waals surface area contributed by atoms with E-state index < -0.39 is 0 Å². The van der Waals surface area contributed by atoms with Crippen LogP contribution in [-0.2, 0) is 9.47 Å². The van der Waals surface area contributed by atoms with Crippen LogP contribution in [0.5, 0.6) is 0 Å². The van der Waals surface area contributed by atoms with Crippen molar-refractivity contribution in [2.24, 2.45) is 0 Å². The van der Waals surface area contributed by atoms with E-state index in [4.69, 9.17) is 9.47 Å². The van der Waals surface area contributed by atoms with Crippen molar-refractivity contribution in [2.45, 2.75) is 25.9 Å². The average molecular weight is 237 g/mol. The molecule has 1 aliphatic heterocycles. The molecule has 0 amide bonds. The summed E-state index contributed by atoms with van der Waals surface area (Å²) in [5, 5.41) is 3.30. The Morgan fingerprint density at radius 3 is 2.88 bits per heavy atom. The monoisotopic (exact) mass is 237 g/mol. The van der Waals surface area contributed by atoms with Gasteiger partial charge in [0, 0.05) is 38.4 Å². The van der Waals surface area contributed by atoms with Crippen molar-refractivity contribution in [3.63, 3.8) is 0 Å². The molecular formula is C12H19N3O2. The van der Waals surface area contributed by atoms with E-state index in [9.17, 15) is 0 Å². The van der Waals surface area contributed by atoms with Crippen molar-refractivity contribution in [1.82, 2.24) is 9.97 Å². The number of nitrogens with zero attached hydrogens (tertiary/aromatic N) is 2. The number of hydrogen-bond donors (Lipinski definition) is 1. The summed E-state index contributed by atoms with van der Waals surface area (Å²) in [7, 11) is 1.73. The van der Waals surface area contributed by atoms with Crippen molar-refractivity contribution in [2.75, 3.05) is 32.2 Å². The summed E-state index contributed by atoms with van der Waals surface area (Å²) < 4.78 is 10.9. The summed E-state index contributed by atoms with van der Waals surface area (Å²) in [5.74, 6) is 1.62. The summed E-state index contributed by atoms with van der Waals surface area (Å²) in [4.78, 5) is 8.59. The second kappa shape index (κ2) is 4.98. The van der Waals surface area contributed by atoms with Gasteiger partial charge in [-0.1, -0.05) is 0 Å². The van der Waals surface area contributed by atoms with Crippen LogP contribution in [0, 0.1) is 13.8 Å². The molecule has 0 spiro atoms. The quantitative estimate of drug-likeness (QED) is 0.855. The lowest BCUT2D eigenvalue weighted by molar-refractivity contribution is -0.00625. The maximum atomic E-state index is 5.55. The van der Waals surface area contributed by atoms with Crippen LogP contribution in [0.3, 0.4) is 0 Å². The Hall–Kier alpha value is -1.20. The fourth-order valence-electron chi connectivity index (χ4n) is 2.02. The zero-order valence-electron chi connectivity index (χ0n) is 10.6. The molecule has 1 aliphatic rings. The van der Waals surface area contributed by atoms with E-state index in [0.29, 0.717) is 13.2 Å². The zero-order chi connectivity index (χ0) is 12.3. The van der Waals surface area contributed by atoms with Crippen LogP contribution in [-0.4, -0.2) is 42.4 Å². The normalized spacial score (nSPS) is 23.9. The van der Waals surface area contributed by atoms with E-state index in [0.717, 1.165) is 30.4 Å². The molecule has 94 valence electrons. The molecule has 1 saturated heterocycles. The second-order valence-corrected chi connectivity index (χ2v) is 4.49. The summed E-state index contributed by atoms with van der Waals surface area (Å²) in [6, 6.07) is 1.94. The van der Waals surface area contributed by atoms with Crippen LogP contribution in [0.1, 0.15) is 17.9 Å². The molecule has 0 aliphatic carbocycles. The molecule has 1 atom stereocenters. The van der Waals surface area contributed by atoms with Crippen molar-refractivity contribution in [3.8, 4) is 0 Å². The summed E-state index contributed by atoms with van der Waals surface area (Å²) in [5.41, 5.74) is 0.751. The number of anilines is 1. The molecule has 0 bridgehead atoms. The molecule has 17 heavy (non-hydrogen) atoms. The molecule has 0 aromatic carbocycles. The third-order valence-corrected chi connectivity index (χ3v) is 3.06. The number of aromatic nitrogens is 2. The molecule has 2 heterocycles. The highest BCUT2D eigenvalue weighted by molar-refractivity contribution is 5.36. The molecule has 1 aromatic heterocycles. The Balaban J connectivity index is 2.01. The molecular weight excluding hydrogens is 218 g/mol. The Kier molecular flexibility index (Phi) is 3.59. The Morgan fingerprint density at radius 2 is 2.29 bits per heavy atom. The van der Waals surface area contributed by atoms with Crippen LogP contribution in [0.15, 0.2) is 6.07 Å². The first kappa shape index (κ1) is 12.3. The van der Waals surface area contributed by atoms with Crippen LogP contribution in [0.4, 0.5) is 5.82 Å². The standard InChI is InChI=1S/C12H19N3O2/c1-9-6-11(15-10(2)14-9)13-7-12(16-3)4-5-17-8-12/h6H,4-5,7-8H2,1-3H3,(H,13,14,15).